The lowest BCUT2D eigenvalue weighted by Crippen LogP contribution is -2.37. The average Bonchev–Trinajstić information content (AvgIpc) is 3.42. The maximum atomic E-state index is 14.3. The molecule has 1 saturated heterocycles. The van der Waals surface area contributed by atoms with E-state index in [0.29, 0.717) is 67.0 Å². The molecule has 1 aromatic carbocycles. The number of pyridine rings is 2. The van der Waals surface area contributed by atoms with Gasteiger partial charge < -0.3 is 10.5 Å². The molecule has 1 aliphatic heterocycles. The van der Waals surface area contributed by atoms with E-state index in [-0.39, 0.29) is 11.5 Å². The summed E-state index contributed by atoms with van der Waals surface area (Å²) in [6, 6.07) is 10.8. The number of aromatic nitrogens is 4. The number of benzene rings is 1. The number of hydrogen-bond acceptors (Lipinski definition) is 6. The highest BCUT2D eigenvalue weighted by Gasteiger charge is 2.46. The molecule has 0 bridgehead atoms. The number of hydrogen-bond donors (Lipinski definition) is 1. The number of fused-ring (bicyclic) bond motifs is 2. The number of alkyl halides is 3. The van der Waals surface area contributed by atoms with Crippen LogP contribution in [0.25, 0.3) is 28.1 Å². The number of ether oxygens (including phenoxy) is 1. The third kappa shape index (κ3) is 4.39. The Balaban J connectivity index is 1.39. The Morgan fingerprint density at radius 1 is 1.03 bits per heavy atom. The van der Waals surface area contributed by atoms with Crippen LogP contribution in [0.3, 0.4) is 0 Å². The molecule has 1 saturated carbocycles. The first kappa shape index (κ1) is 23.2. The van der Waals surface area contributed by atoms with Gasteiger partial charge in [0.2, 0.25) is 0 Å². The predicted molar refractivity (Wildman–Crippen MR) is 129 cm³/mol. The fourth-order valence-electron chi connectivity index (χ4n) is 4.99. The van der Waals surface area contributed by atoms with Gasteiger partial charge in [-0.05, 0) is 68.0 Å². The Bertz CT molecular complexity index is 1400. The lowest BCUT2D eigenvalue weighted by molar-refractivity contribution is -0.184. The van der Waals surface area contributed by atoms with Crippen LogP contribution in [0.5, 0.6) is 5.75 Å². The molecule has 10 heteroatoms. The molecule has 0 spiro atoms. The zero-order valence-corrected chi connectivity index (χ0v) is 19.7. The third-order valence-corrected chi connectivity index (χ3v) is 7.15. The molecule has 6 rings (SSSR count). The summed E-state index contributed by atoms with van der Waals surface area (Å²) in [4.78, 5) is 6.27. The largest absolute Gasteiger partial charge is 0.491 e. The van der Waals surface area contributed by atoms with Crippen LogP contribution in [0, 0.1) is 11.8 Å². The van der Waals surface area contributed by atoms with Crippen molar-refractivity contribution in [1.82, 2.24) is 24.5 Å². The molecule has 4 heterocycles. The molecule has 2 aliphatic rings. The topological polar surface area (TPSA) is 81.6 Å². The molecule has 2 fully saturated rings. The molecular weight excluding hydrogens is 469 g/mol. The maximum absolute atomic E-state index is 14.3. The highest BCUT2D eigenvalue weighted by atomic mass is 19.4. The van der Waals surface area contributed by atoms with Crippen LogP contribution in [0.4, 0.5) is 13.2 Å². The lowest BCUT2D eigenvalue weighted by atomic mass is 10.1. The molecular formula is C26H27F3N6O. The van der Waals surface area contributed by atoms with Gasteiger partial charge in [-0.2, -0.15) is 13.2 Å². The monoisotopic (exact) mass is 496 g/mol. The molecule has 0 amide bonds. The van der Waals surface area contributed by atoms with Crippen molar-refractivity contribution in [2.75, 3.05) is 26.2 Å². The number of rotatable bonds is 7. The van der Waals surface area contributed by atoms with Crippen LogP contribution in [-0.2, 0) is 0 Å². The van der Waals surface area contributed by atoms with Gasteiger partial charge in [-0.15, -0.1) is 10.2 Å². The minimum absolute atomic E-state index is 0.0715. The summed E-state index contributed by atoms with van der Waals surface area (Å²) in [5.41, 5.74) is 7.54. The minimum Gasteiger partial charge on any atom is -0.491 e. The van der Waals surface area contributed by atoms with E-state index < -0.39 is 12.2 Å². The van der Waals surface area contributed by atoms with Crippen molar-refractivity contribution >= 4 is 16.6 Å². The predicted octanol–water partition coefficient (Wildman–Crippen LogP) is 4.62. The quantitative estimate of drug-likeness (QED) is 0.402. The first-order valence-corrected chi connectivity index (χ1v) is 12.3. The zero-order chi connectivity index (χ0) is 24.9. The van der Waals surface area contributed by atoms with Crippen molar-refractivity contribution in [3.05, 3.63) is 54.2 Å². The normalized spacial score (nSPS) is 19.8. The summed E-state index contributed by atoms with van der Waals surface area (Å²) >= 11 is 0. The highest BCUT2D eigenvalue weighted by Crippen LogP contribution is 2.40. The van der Waals surface area contributed by atoms with Crippen molar-refractivity contribution in [3.63, 3.8) is 0 Å². The van der Waals surface area contributed by atoms with Gasteiger partial charge in [-0.3, -0.25) is 9.30 Å². The molecule has 7 nitrogen and oxygen atoms in total. The van der Waals surface area contributed by atoms with Crippen LogP contribution in [-0.4, -0.2) is 56.9 Å². The van der Waals surface area contributed by atoms with E-state index in [1.807, 2.05) is 30.3 Å². The lowest BCUT2D eigenvalue weighted by Gasteiger charge is -2.30. The summed E-state index contributed by atoms with van der Waals surface area (Å²) in [7, 11) is 0. The second-order valence-electron chi connectivity index (χ2n) is 9.82. The Morgan fingerprint density at radius 2 is 1.89 bits per heavy atom. The summed E-state index contributed by atoms with van der Waals surface area (Å²) in [5.74, 6) is 1.74. The molecule has 1 aliphatic carbocycles. The number of halogens is 3. The van der Waals surface area contributed by atoms with Crippen LogP contribution >= 0.6 is 0 Å². The summed E-state index contributed by atoms with van der Waals surface area (Å²) < 4.78 is 50.4. The summed E-state index contributed by atoms with van der Waals surface area (Å²) in [6.45, 7) is 1.72. The van der Waals surface area contributed by atoms with Crippen molar-refractivity contribution in [2.24, 2.45) is 17.6 Å². The van der Waals surface area contributed by atoms with Crippen LogP contribution < -0.4 is 10.5 Å². The van der Waals surface area contributed by atoms with E-state index in [0.717, 1.165) is 5.39 Å². The zero-order valence-electron chi connectivity index (χ0n) is 19.7. The molecule has 188 valence electrons. The van der Waals surface area contributed by atoms with Crippen molar-refractivity contribution < 1.29 is 17.9 Å². The molecule has 2 unspecified atom stereocenters. The molecule has 36 heavy (non-hydrogen) atoms. The van der Waals surface area contributed by atoms with E-state index in [2.05, 4.69) is 10.2 Å². The average molecular weight is 497 g/mol. The van der Waals surface area contributed by atoms with Gasteiger partial charge in [0, 0.05) is 18.1 Å². The van der Waals surface area contributed by atoms with E-state index in [9.17, 15) is 13.2 Å². The number of nitrogens with two attached hydrogens (primary N) is 1. The SMILES string of the molecule is NCC1CCN(C(c2ccc3nnc(-c4ccc5cccc(OCC6CC6)c5n4)n3c2)C(F)(F)F)C1. The molecule has 0 radical (unpaired) electrons. The Labute approximate surface area is 206 Å². The first-order chi connectivity index (χ1) is 17.4. The second kappa shape index (κ2) is 9.01. The number of para-hydroxylation sites is 1. The van der Waals surface area contributed by atoms with Gasteiger partial charge in [0.25, 0.3) is 0 Å². The molecule has 4 aromatic rings. The van der Waals surface area contributed by atoms with Gasteiger partial charge in [0.05, 0.1) is 6.61 Å². The van der Waals surface area contributed by atoms with Crippen LogP contribution in [0.1, 0.15) is 30.9 Å². The maximum Gasteiger partial charge on any atom is 0.408 e. The van der Waals surface area contributed by atoms with E-state index in [4.69, 9.17) is 15.5 Å². The Kier molecular flexibility index (Phi) is 5.80. The first-order valence-electron chi connectivity index (χ1n) is 12.3. The number of nitrogens with zero attached hydrogens (tertiary/aromatic N) is 5. The molecule has 2 atom stereocenters. The highest BCUT2D eigenvalue weighted by molar-refractivity contribution is 5.86. The van der Waals surface area contributed by atoms with Gasteiger partial charge in [0.1, 0.15) is 23.0 Å². The van der Waals surface area contributed by atoms with Gasteiger partial charge >= 0.3 is 6.18 Å². The second-order valence-corrected chi connectivity index (χ2v) is 9.82. The molecule has 2 N–H and O–H groups in total. The Morgan fingerprint density at radius 3 is 2.64 bits per heavy atom. The van der Waals surface area contributed by atoms with Gasteiger partial charge in [0.15, 0.2) is 11.5 Å². The van der Waals surface area contributed by atoms with Gasteiger partial charge in [-0.1, -0.05) is 24.3 Å². The van der Waals surface area contributed by atoms with Crippen molar-refractivity contribution in [2.45, 2.75) is 31.5 Å². The van der Waals surface area contributed by atoms with Crippen molar-refractivity contribution in [1.29, 1.82) is 0 Å². The number of likely N-dealkylation sites (tertiary alicyclic amines) is 1. The van der Waals surface area contributed by atoms with Crippen LogP contribution in [0.15, 0.2) is 48.7 Å². The van der Waals surface area contributed by atoms with Crippen LogP contribution in [0.2, 0.25) is 0 Å². The minimum atomic E-state index is -4.43. The fraction of sp³-hybridized carbons (Fsp3) is 0.423. The fourth-order valence-corrected chi connectivity index (χ4v) is 4.99. The van der Waals surface area contributed by atoms with E-state index >= 15 is 0 Å². The third-order valence-electron chi connectivity index (χ3n) is 7.15. The van der Waals surface area contributed by atoms with Crippen molar-refractivity contribution in [3.8, 4) is 17.3 Å². The molecule has 3 aromatic heterocycles. The standard InChI is InChI=1S/C26H27F3N6O/c27-26(28,29)24(34-11-10-17(12-30)13-34)19-7-9-22-32-33-25(35(22)14-19)20-8-6-18-2-1-3-21(23(18)31-20)36-15-16-4-5-16/h1-3,6-9,14,16-17,24H,4-5,10-13,15,30H2. The summed E-state index contributed by atoms with van der Waals surface area (Å²) in [5, 5.41) is 9.37. The summed E-state index contributed by atoms with van der Waals surface area (Å²) in [6.07, 6.45) is 0.0805. The smallest absolute Gasteiger partial charge is 0.408 e. The van der Waals surface area contributed by atoms with E-state index in [1.165, 1.54) is 30.0 Å². The Hall–Kier alpha value is -3.24. The van der Waals surface area contributed by atoms with E-state index in [1.54, 1.807) is 10.5 Å². The van der Waals surface area contributed by atoms with Gasteiger partial charge in [-0.25, -0.2) is 4.98 Å².